The lowest BCUT2D eigenvalue weighted by molar-refractivity contribution is -0.145. The third-order valence-electron chi connectivity index (χ3n) is 4.02. The van der Waals surface area contributed by atoms with Gasteiger partial charge in [-0.05, 0) is 46.5 Å². The average Bonchev–Trinajstić information content (AvgIpc) is 2.76. The summed E-state index contributed by atoms with van der Waals surface area (Å²) in [5.74, 6) is -1.19. The molecule has 0 rings (SSSR count). The first-order valence-electron chi connectivity index (χ1n) is 11.1. The highest BCUT2D eigenvalue weighted by atomic mass is 16.6. The number of urea groups is 1. The standard InChI is InChI=1S/C23H37N3O8/c1-6-14-32-19(28)12-11-17(16-27)25-21(30)26-18(20(29)33-15-7-2)10-8-9-13-24-22(31)34-23(3,4)5/h6-7,16-18H,1-2,8-15H2,3-5H3,(H,24,31)(H2,25,26,30). The molecule has 11 heteroatoms. The van der Waals surface area contributed by atoms with Gasteiger partial charge < -0.3 is 35.0 Å². The molecule has 0 fully saturated rings. The summed E-state index contributed by atoms with van der Waals surface area (Å²) in [6, 6.07) is -2.69. The van der Waals surface area contributed by atoms with Crippen molar-refractivity contribution in [1.82, 2.24) is 16.0 Å². The Bertz CT molecular complexity index is 703. The molecule has 0 bridgehead atoms. The molecule has 11 nitrogen and oxygen atoms in total. The van der Waals surface area contributed by atoms with Gasteiger partial charge in [0.25, 0.3) is 0 Å². The van der Waals surface area contributed by atoms with Crippen LogP contribution in [0.5, 0.6) is 0 Å². The van der Waals surface area contributed by atoms with Gasteiger partial charge in [0, 0.05) is 13.0 Å². The van der Waals surface area contributed by atoms with Gasteiger partial charge in [-0.1, -0.05) is 25.3 Å². The SMILES string of the molecule is C=CCOC(=O)CCC(C=O)NC(=O)NC(CCCCNC(=O)OC(C)(C)C)C(=O)OCC=C. The normalized spacial score (nSPS) is 12.3. The highest BCUT2D eigenvalue weighted by Gasteiger charge is 2.23. The maximum atomic E-state index is 12.3. The van der Waals surface area contributed by atoms with E-state index < -0.39 is 41.7 Å². The molecule has 0 aliphatic heterocycles. The van der Waals surface area contributed by atoms with Crippen molar-refractivity contribution in [3.63, 3.8) is 0 Å². The van der Waals surface area contributed by atoms with Gasteiger partial charge in [-0.15, -0.1) is 0 Å². The number of carbonyl (C=O) groups is 5. The topological polar surface area (TPSA) is 149 Å². The fourth-order valence-electron chi connectivity index (χ4n) is 2.51. The molecular weight excluding hydrogens is 446 g/mol. The van der Waals surface area contributed by atoms with Gasteiger partial charge in [-0.3, -0.25) is 4.79 Å². The Balaban J connectivity index is 4.65. The maximum absolute atomic E-state index is 12.3. The van der Waals surface area contributed by atoms with E-state index in [1.54, 1.807) is 20.8 Å². The van der Waals surface area contributed by atoms with Crippen LogP contribution in [0.15, 0.2) is 25.3 Å². The molecule has 0 saturated carbocycles. The zero-order valence-electron chi connectivity index (χ0n) is 20.2. The van der Waals surface area contributed by atoms with Crippen LogP contribution in [0.2, 0.25) is 0 Å². The molecule has 0 aromatic heterocycles. The summed E-state index contributed by atoms with van der Waals surface area (Å²) in [5, 5.41) is 7.51. The number of carbonyl (C=O) groups excluding carboxylic acids is 5. The minimum Gasteiger partial charge on any atom is -0.461 e. The van der Waals surface area contributed by atoms with Crippen LogP contribution in [0.1, 0.15) is 52.9 Å². The molecule has 2 unspecified atom stereocenters. The smallest absolute Gasteiger partial charge is 0.407 e. The Morgan fingerprint density at radius 3 is 2.18 bits per heavy atom. The molecule has 0 spiro atoms. The molecule has 3 amide bonds. The fourth-order valence-corrected chi connectivity index (χ4v) is 2.51. The van der Waals surface area contributed by atoms with E-state index in [0.717, 1.165) is 0 Å². The summed E-state index contributed by atoms with van der Waals surface area (Å²) in [5.41, 5.74) is -0.605. The third kappa shape index (κ3) is 16.3. The summed E-state index contributed by atoms with van der Waals surface area (Å²) in [7, 11) is 0. The fraction of sp³-hybridized carbons (Fsp3) is 0.609. The molecular formula is C23H37N3O8. The number of esters is 2. The first-order chi connectivity index (χ1) is 16.0. The van der Waals surface area contributed by atoms with E-state index in [0.29, 0.717) is 25.7 Å². The minimum atomic E-state index is -0.980. The summed E-state index contributed by atoms with van der Waals surface area (Å²) < 4.78 is 15.0. The summed E-state index contributed by atoms with van der Waals surface area (Å²) in [6.45, 7) is 12.5. The van der Waals surface area contributed by atoms with Gasteiger partial charge in [0.2, 0.25) is 0 Å². The molecule has 0 radical (unpaired) electrons. The monoisotopic (exact) mass is 483 g/mol. The predicted molar refractivity (Wildman–Crippen MR) is 125 cm³/mol. The number of unbranched alkanes of at least 4 members (excludes halogenated alkanes) is 1. The second kappa shape index (κ2) is 17.2. The highest BCUT2D eigenvalue weighted by Crippen LogP contribution is 2.07. The van der Waals surface area contributed by atoms with E-state index in [9.17, 15) is 24.0 Å². The Kier molecular flexibility index (Phi) is 15.5. The number of ether oxygens (including phenoxy) is 3. The van der Waals surface area contributed by atoms with Gasteiger partial charge >= 0.3 is 24.1 Å². The lowest BCUT2D eigenvalue weighted by atomic mass is 10.1. The van der Waals surface area contributed by atoms with E-state index in [2.05, 4.69) is 29.1 Å². The van der Waals surface area contributed by atoms with Crippen molar-refractivity contribution in [3.8, 4) is 0 Å². The van der Waals surface area contributed by atoms with Crippen LogP contribution < -0.4 is 16.0 Å². The molecule has 2 atom stereocenters. The van der Waals surface area contributed by atoms with Crippen molar-refractivity contribution < 1.29 is 38.2 Å². The number of alkyl carbamates (subject to hydrolysis) is 1. The molecule has 0 aromatic carbocycles. The van der Waals surface area contributed by atoms with Crippen LogP contribution in [0.3, 0.4) is 0 Å². The van der Waals surface area contributed by atoms with Crippen LogP contribution >= 0.6 is 0 Å². The Labute approximate surface area is 200 Å². The van der Waals surface area contributed by atoms with E-state index in [1.165, 1.54) is 12.2 Å². The summed E-state index contributed by atoms with van der Waals surface area (Å²) in [6.07, 6.45) is 3.97. The molecule has 0 aliphatic rings. The molecule has 3 N–H and O–H groups in total. The van der Waals surface area contributed by atoms with Crippen LogP contribution in [-0.4, -0.2) is 67.8 Å². The van der Waals surface area contributed by atoms with E-state index in [-0.39, 0.29) is 32.5 Å². The van der Waals surface area contributed by atoms with Gasteiger partial charge in [-0.25, -0.2) is 14.4 Å². The lowest BCUT2D eigenvalue weighted by Crippen LogP contribution is -2.50. The van der Waals surface area contributed by atoms with Gasteiger partial charge in [0.15, 0.2) is 0 Å². The second-order valence-corrected chi connectivity index (χ2v) is 8.27. The predicted octanol–water partition coefficient (Wildman–Crippen LogP) is 2.16. The van der Waals surface area contributed by atoms with Gasteiger partial charge in [0.1, 0.15) is 31.1 Å². The van der Waals surface area contributed by atoms with Crippen LogP contribution in [0, 0.1) is 0 Å². The molecule has 0 aliphatic carbocycles. The van der Waals surface area contributed by atoms with Crippen LogP contribution in [-0.2, 0) is 28.6 Å². The molecule has 0 aromatic rings. The molecule has 192 valence electrons. The number of hydrogen-bond acceptors (Lipinski definition) is 8. The number of aldehydes is 1. The number of hydrogen-bond donors (Lipinski definition) is 3. The molecule has 34 heavy (non-hydrogen) atoms. The zero-order valence-corrected chi connectivity index (χ0v) is 20.2. The molecule has 0 heterocycles. The van der Waals surface area contributed by atoms with Crippen molar-refractivity contribution in [1.29, 1.82) is 0 Å². The number of rotatable bonds is 16. The van der Waals surface area contributed by atoms with E-state index >= 15 is 0 Å². The quantitative estimate of drug-likeness (QED) is 0.0994. The van der Waals surface area contributed by atoms with Gasteiger partial charge in [0.05, 0.1) is 6.04 Å². The minimum absolute atomic E-state index is 0.0252. The lowest BCUT2D eigenvalue weighted by Gasteiger charge is -2.20. The first kappa shape index (κ1) is 30.6. The van der Waals surface area contributed by atoms with Gasteiger partial charge in [-0.2, -0.15) is 0 Å². The average molecular weight is 484 g/mol. The summed E-state index contributed by atoms with van der Waals surface area (Å²) >= 11 is 0. The van der Waals surface area contributed by atoms with Crippen molar-refractivity contribution in [2.24, 2.45) is 0 Å². The van der Waals surface area contributed by atoms with Crippen LogP contribution in [0.25, 0.3) is 0 Å². The third-order valence-corrected chi connectivity index (χ3v) is 4.02. The summed E-state index contributed by atoms with van der Waals surface area (Å²) in [4.78, 5) is 59.1. The number of nitrogens with one attached hydrogen (secondary N) is 3. The van der Waals surface area contributed by atoms with Crippen molar-refractivity contribution in [2.45, 2.75) is 70.6 Å². The van der Waals surface area contributed by atoms with E-state index in [1.807, 2.05) is 0 Å². The first-order valence-corrected chi connectivity index (χ1v) is 11.1. The zero-order chi connectivity index (χ0) is 26.0. The second-order valence-electron chi connectivity index (χ2n) is 8.27. The van der Waals surface area contributed by atoms with Crippen molar-refractivity contribution in [3.05, 3.63) is 25.3 Å². The van der Waals surface area contributed by atoms with Crippen LogP contribution in [0.4, 0.5) is 9.59 Å². The Hall–Kier alpha value is -3.37. The Morgan fingerprint density at radius 2 is 1.59 bits per heavy atom. The molecule has 0 saturated heterocycles. The maximum Gasteiger partial charge on any atom is 0.407 e. The Morgan fingerprint density at radius 1 is 0.941 bits per heavy atom. The number of amides is 3. The largest absolute Gasteiger partial charge is 0.461 e. The van der Waals surface area contributed by atoms with Crippen molar-refractivity contribution in [2.75, 3.05) is 19.8 Å². The van der Waals surface area contributed by atoms with E-state index in [4.69, 9.17) is 14.2 Å². The highest BCUT2D eigenvalue weighted by molar-refractivity contribution is 5.85. The van der Waals surface area contributed by atoms with Crippen molar-refractivity contribution >= 4 is 30.3 Å².